The minimum absolute atomic E-state index is 0.0914. The molecule has 0 aromatic carbocycles. The Labute approximate surface area is 135 Å². The third-order valence-corrected chi connectivity index (χ3v) is 5.01. The highest BCUT2D eigenvalue weighted by molar-refractivity contribution is 7.18. The van der Waals surface area contributed by atoms with Gasteiger partial charge in [-0.2, -0.15) is 8.78 Å². The second kappa shape index (κ2) is 6.97. The van der Waals surface area contributed by atoms with Crippen LogP contribution >= 0.6 is 20.6 Å². The normalized spacial score (nSPS) is 16.8. The van der Waals surface area contributed by atoms with Crippen LogP contribution in [0.25, 0.3) is 0 Å². The molecule has 1 aliphatic carbocycles. The van der Waals surface area contributed by atoms with Crippen LogP contribution in [0.2, 0.25) is 0 Å². The van der Waals surface area contributed by atoms with Gasteiger partial charge in [-0.05, 0) is 43.9 Å². The molecule has 1 saturated carbocycles. The highest BCUT2D eigenvalue weighted by Gasteiger charge is 2.25. The summed E-state index contributed by atoms with van der Waals surface area (Å²) in [6.07, 6.45) is 3.70. The van der Waals surface area contributed by atoms with Gasteiger partial charge >= 0.3 is 0 Å². The zero-order chi connectivity index (χ0) is 16.3. The van der Waals surface area contributed by atoms with Crippen molar-refractivity contribution in [3.63, 3.8) is 0 Å². The number of halogens is 2. The summed E-state index contributed by atoms with van der Waals surface area (Å²) in [5.74, 6) is 0.502. The van der Waals surface area contributed by atoms with Crippen LogP contribution in [0.15, 0.2) is 28.8 Å². The quantitative estimate of drug-likeness (QED) is 0.620. The number of hydrogen-bond donors (Lipinski definition) is 1. The number of carbonyl (C=O) groups is 1. The summed E-state index contributed by atoms with van der Waals surface area (Å²) in [5, 5.41) is 2.89. The van der Waals surface area contributed by atoms with E-state index in [2.05, 4.69) is 10.3 Å². The van der Waals surface area contributed by atoms with Crippen LogP contribution in [0.4, 0.5) is 8.78 Å². The Morgan fingerprint density at radius 2 is 2.14 bits per heavy atom. The van der Waals surface area contributed by atoms with Crippen molar-refractivity contribution in [3.05, 3.63) is 33.5 Å². The molecular weight excluding hydrogens is 325 g/mol. The van der Waals surface area contributed by atoms with E-state index in [0.717, 1.165) is 0 Å². The fourth-order valence-electron chi connectivity index (χ4n) is 1.79. The van der Waals surface area contributed by atoms with E-state index in [-0.39, 0.29) is 11.5 Å². The minimum atomic E-state index is -2.96. The number of allylic oxidation sites excluding steroid dienone is 2. The first-order valence-corrected chi connectivity index (χ1v) is 8.41. The summed E-state index contributed by atoms with van der Waals surface area (Å²) < 4.78 is 26.4. The third-order valence-electron chi connectivity index (χ3n) is 3.45. The molecule has 0 aliphatic heterocycles. The molecule has 1 aromatic rings. The van der Waals surface area contributed by atoms with Crippen LogP contribution in [-0.2, 0) is 0 Å². The van der Waals surface area contributed by atoms with Crippen molar-refractivity contribution in [2.45, 2.75) is 25.4 Å². The maximum Gasteiger partial charge on any atom is 0.280 e. The molecule has 1 fully saturated rings. The van der Waals surface area contributed by atoms with Crippen molar-refractivity contribution >= 4 is 32.2 Å². The number of nitrogens with one attached hydrogen (secondary N) is 1. The molecule has 1 heterocycles. The van der Waals surface area contributed by atoms with Crippen LogP contribution in [0.5, 0.6) is 0 Å². The summed E-state index contributed by atoms with van der Waals surface area (Å²) in [4.78, 5) is 17.3. The van der Waals surface area contributed by atoms with E-state index in [1.54, 1.807) is 19.2 Å². The number of amides is 1. The van der Waals surface area contributed by atoms with Crippen LogP contribution in [0.3, 0.4) is 0 Å². The van der Waals surface area contributed by atoms with Gasteiger partial charge in [0.15, 0.2) is 0 Å². The first-order chi connectivity index (χ1) is 10.3. The molecule has 3 nitrogen and oxygen atoms in total. The first kappa shape index (κ1) is 17.2. The molecule has 1 aromatic heterocycles. The van der Waals surface area contributed by atoms with E-state index in [9.17, 15) is 13.6 Å². The number of thiophene rings is 1. The number of carbonyl (C=O) groups excluding carboxylic acids is 1. The number of rotatable bonds is 6. The Balaban J connectivity index is 2.09. The van der Waals surface area contributed by atoms with E-state index in [4.69, 9.17) is 0 Å². The van der Waals surface area contributed by atoms with E-state index < -0.39 is 5.66 Å². The van der Waals surface area contributed by atoms with Crippen molar-refractivity contribution < 1.29 is 13.6 Å². The lowest BCUT2D eigenvalue weighted by molar-refractivity contribution is 0.0956. The molecule has 1 unspecified atom stereocenters. The van der Waals surface area contributed by atoms with E-state index >= 15 is 0 Å². The van der Waals surface area contributed by atoms with Gasteiger partial charge in [0.25, 0.3) is 11.6 Å². The summed E-state index contributed by atoms with van der Waals surface area (Å²) in [5.41, 5.74) is -2.60. The number of alkyl halides is 2. The monoisotopic (exact) mass is 344 g/mol. The second-order valence-corrected chi connectivity index (χ2v) is 7.19. The van der Waals surface area contributed by atoms with Crippen molar-refractivity contribution in [1.29, 1.82) is 0 Å². The fourth-order valence-corrected chi connectivity index (χ4v) is 2.80. The minimum Gasteiger partial charge on any atom is -0.351 e. The summed E-state index contributed by atoms with van der Waals surface area (Å²) in [6, 6.07) is 3.44. The first-order valence-electron chi connectivity index (χ1n) is 7.02. The van der Waals surface area contributed by atoms with Crippen molar-refractivity contribution in [2.24, 2.45) is 10.9 Å². The van der Waals surface area contributed by atoms with Crippen molar-refractivity contribution in [2.75, 3.05) is 13.6 Å². The zero-order valence-corrected chi connectivity index (χ0v) is 14.5. The van der Waals surface area contributed by atoms with Gasteiger partial charge in [0.1, 0.15) is 0 Å². The van der Waals surface area contributed by atoms with Gasteiger partial charge in [-0.15, -0.1) is 11.3 Å². The summed E-state index contributed by atoms with van der Waals surface area (Å²) in [7, 11) is 3.06. The molecule has 120 valence electrons. The Kier molecular flexibility index (Phi) is 5.45. The van der Waals surface area contributed by atoms with Crippen LogP contribution in [-0.4, -0.2) is 30.9 Å². The van der Waals surface area contributed by atoms with E-state index in [1.807, 2.05) is 0 Å². The predicted molar refractivity (Wildman–Crippen MR) is 90.3 cm³/mol. The third kappa shape index (κ3) is 4.68. The van der Waals surface area contributed by atoms with Gasteiger partial charge in [-0.25, -0.2) is 0 Å². The zero-order valence-electron chi connectivity index (χ0n) is 12.5. The molecule has 0 spiro atoms. The Morgan fingerprint density at radius 1 is 1.50 bits per heavy atom. The van der Waals surface area contributed by atoms with E-state index in [0.29, 0.717) is 27.9 Å². The fraction of sp³-hybridized carbons (Fsp3) is 0.467. The number of nitrogens with zero attached hydrogens (tertiary/aromatic N) is 1. The molecule has 1 N–H and O–H groups in total. The molecular formula is C15H19F2N2OPS. The molecule has 1 aliphatic rings. The molecule has 22 heavy (non-hydrogen) atoms. The van der Waals surface area contributed by atoms with Gasteiger partial charge in [0.05, 0.1) is 15.5 Å². The molecule has 0 radical (unpaired) electrons. The van der Waals surface area contributed by atoms with Crippen molar-refractivity contribution in [1.82, 2.24) is 5.32 Å². The smallest absolute Gasteiger partial charge is 0.280 e. The van der Waals surface area contributed by atoms with E-state index in [1.165, 1.54) is 46.4 Å². The van der Waals surface area contributed by atoms with Crippen molar-refractivity contribution in [3.8, 4) is 0 Å². The second-order valence-electron chi connectivity index (χ2n) is 5.38. The maximum absolute atomic E-state index is 13.2. The van der Waals surface area contributed by atoms with Gasteiger partial charge in [-0.1, -0.05) is 9.24 Å². The maximum atomic E-state index is 13.2. The van der Waals surface area contributed by atoms with Crippen LogP contribution in [0.1, 0.15) is 34.3 Å². The number of aliphatic imine (C=N–C) groups is 1. The Hall–Kier alpha value is -1.13. The highest BCUT2D eigenvalue weighted by atomic mass is 32.1. The lowest BCUT2D eigenvalue weighted by atomic mass is 10.2. The topological polar surface area (TPSA) is 41.5 Å². The molecule has 0 bridgehead atoms. The van der Waals surface area contributed by atoms with Gasteiger partial charge in [-0.3, -0.25) is 9.79 Å². The lowest BCUT2D eigenvalue weighted by Gasteiger charge is -2.10. The standard InChI is InChI=1S/C15H19F2N2OPS/c1-9(15(16,17)21)7-11(18-2)12-5-6-13(22-12)14(20)19-8-10-3-4-10/h5-7,10H,3-4,8,21H2,1-2H3,(H,19,20)/b9-7+,18-11?. The largest absolute Gasteiger partial charge is 0.351 e. The molecule has 1 amide bonds. The molecule has 2 rings (SSSR count). The number of hydrogen-bond acceptors (Lipinski definition) is 3. The average molecular weight is 344 g/mol. The van der Waals surface area contributed by atoms with Gasteiger partial charge < -0.3 is 5.32 Å². The summed E-state index contributed by atoms with van der Waals surface area (Å²) >= 11 is 1.26. The predicted octanol–water partition coefficient (Wildman–Crippen LogP) is 3.72. The van der Waals surface area contributed by atoms with Crippen LogP contribution in [0, 0.1) is 5.92 Å². The lowest BCUT2D eigenvalue weighted by Crippen LogP contribution is -2.24. The van der Waals surface area contributed by atoms with Crippen LogP contribution < -0.4 is 5.32 Å². The van der Waals surface area contributed by atoms with Gasteiger partial charge in [0, 0.05) is 19.2 Å². The molecule has 7 heteroatoms. The molecule has 1 atom stereocenters. The summed E-state index contributed by atoms with van der Waals surface area (Å²) in [6.45, 7) is 2.06. The Bertz CT molecular complexity index is 615. The molecule has 0 saturated heterocycles. The SMILES string of the molecule is CN=C(/C=C(\C)C(F)(F)P)c1ccc(C(=O)NCC2CC2)s1. The van der Waals surface area contributed by atoms with Gasteiger partial charge in [0.2, 0.25) is 0 Å². The highest BCUT2D eigenvalue weighted by Crippen LogP contribution is 2.31. The Morgan fingerprint density at radius 3 is 2.68 bits per heavy atom. The average Bonchev–Trinajstić information content (AvgIpc) is 3.16.